The first-order valence-electron chi connectivity index (χ1n) is 13.0. The quantitative estimate of drug-likeness (QED) is 0.277. The number of rotatable bonds is 11. The fraction of sp³-hybridized carbons (Fsp3) is 0.423. The lowest BCUT2D eigenvalue weighted by Gasteiger charge is -2.25. The van der Waals surface area contributed by atoms with Gasteiger partial charge in [-0.25, -0.2) is 22.8 Å². The number of fused-ring (bicyclic) bond motifs is 1. The van der Waals surface area contributed by atoms with E-state index in [1.807, 2.05) is 4.68 Å². The van der Waals surface area contributed by atoms with Crippen molar-refractivity contribution in [3.8, 4) is 28.6 Å². The van der Waals surface area contributed by atoms with E-state index < -0.39 is 27.2 Å². The first-order valence-corrected chi connectivity index (χ1v) is 14.6. The minimum absolute atomic E-state index is 0.0296. The summed E-state index contributed by atoms with van der Waals surface area (Å²) in [6.45, 7) is 5.74. The number of halogens is 1. The van der Waals surface area contributed by atoms with Crippen molar-refractivity contribution < 1.29 is 27.0 Å². The third kappa shape index (κ3) is 5.46. The number of hydrogen-bond acceptors (Lipinski definition) is 10. The number of aromatic nitrogens is 7. The highest BCUT2D eigenvalue weighted by molar-refractivity contribution is 7.93. The summed E-state index contributed by atoms with van der Waals surface area (Å²) in [6, 6.07) is 5.21. The van der Waals surface area contributed by atoms with E-state index in [2.05, 4.69) is 30.0 Å². The van der Waals surface area contributed by atoms with E-state index in [0.29, 0.717) is 28.6 Å². The van der Waals surface area contributed by atoms with Crippen LogP contribution in [0.25, 0.3) is 17.1 Å². The largest absolute Gasteiger partial charge is 0.494 e. The number of methoxy groups -OCH3 is 2. The second kappa shape index (κ2) is 11.4. The molecular formula is C26H31FN8O5S. The molecule has 1 N–H and O–H groups in total. The highest BCUT2D eigenvalue weighted by Gasteiger charge is 2.36. The zero-order valence-electron chi connectivity index (χ0n) is 23.3. The van der Waals surface area contributed by atoms with Gasteiger partial charge in [-0.3, -0.25) is 14.0 Å². The summed E-state index contributed by atoms with van der Waals surface area (Å²) in [5.41, 5.74) is 2.08. The Morgan fingerprint density at radius 2 is 1.71 bits per heavy atom. The number of nitrogens with one attached hydrogen (secondary N) is 1. The molecule has 1 aliphatic rings. The van der Waals surface area contributed by atoms with Gasteiger partial charge in [-0.05, 0) is 45.7 Å². The van der Waals surface area contributed by atoms with Crippen molar-refractivity contribution in [2.45, 2.75) is 57.6 Å². The van der Waals surface area contributed by atoms with E-state index in [0.717, 1.165) is 37.5 Å². The van der Waals surface area contributed by atoms with Gasteiger partial charge in [0.25, 0.3) is 0 Å². The minimum atomic E-state index is -4.23. The van der Waals surface area contributed by atoms with Crippen molar-refractivity contribution in [3.05, 3.63) is 54.1 Å². The van der Waals surface area contributed by atoms with Crippen molar-refractivity contribution in [2.75, 3.05) is 18.9 Å². The Kier molecular flexibility index (Phi) is 7.91. The number of para-hydroxylation sites is 1. The molecule has 0 radical (unpaired) electrons. The maximum absolute atomic E-state index is 13.9. The van der Waals surface area contributed by atoms with Gasteiger partial charge in [0.05, 0.1) is 44.5 Å². The first-order chi connectivity index (χ1) is 19.6. The number of aryl methyl sites for hydroxylation is 1. The van der Waals surface area contributed by atoms with Crippen LogP contribution in [-0.2, 0) is 27.7 Å². The monoisotopic (exact) mass is 586 g/mol. The molecule has 1 aliphatic heterocycles. The van der Waals surface area contributed by atoms with E-state index in [1.165, 1.54) is 21.1 Å². The van der Waals surface area contributed by atoms with Gasteiger partial charge < -0.3 is 14.2 Å². The predicted molar refractivity (Wildman–Crippen MR) is 147 cm³/mol. The Labute approximate surface area is 236 Å². The summed E-state index contributed by atoms with van der Waals surface area (Å²) in [5.74, 6) is 0.451. The molecule has 1 aromatic carbocycles. The molecule has 4 aromatic rings. The van der Waals surface area contributed by atoms with Gasteiger partial charge in [0.15, 0.2) is 17.5 Å². The normalized spacial score (nSPS) is 14.6. The van der Waals surface area contributed by atoms with E-state index in [1.54, 1.807) is 42.8 Å². The first kappa shape index (κ1) is 28.4. The second-order valence-corrected chi connectivity index (χ2v) is 11.8. The molecule has 13 nitrogen and oxygen atoms in total. The highest BCUT2D eigenvalue weighted by Crippen LogP contribution is 2.39. The molecule has 2 atom stereocenters. The van der Waals surface area contributed by atoms with E-state index in [9.17, 15) is 12.8 Å². The summed E-state index contributed by atoms with van der Waals surface area (Å²) in [6.07, 6.45) is 3.86. The number of hydrogen-bond donors (Lipinski definition) is 1. The molecule has 218 valence electrons. The Bertz CT molecular complexity index is 1620. The van der Waals surface area contributed by atoms with Crippen molar-refractivity contribution in [1.82, 2.24) is 34.5 Å². The molecular weight excluding hydrogens is 555 g/mol. The van der Waals surface area contributed by atoms with E-state index in [-0.39, 0.29) is 17.9 Å². The van der Waals surface area contributed by atoms with Crippen LogP contribution in [-0.4, -0.2) is 68.5 Å². The smallest absolute Gasteiger partial charge is 0.243 e. The molecule has 3 aromatic heterocycles. The lowest BCUT2D eigenvalue weighted by atomic mass is 10.1. The molecule has 41 heavy (non-hydrogen) atoms. The molecule has 4 heterocycles. The van der Waals surface area contributed by atoms with Gasteiger partial charge in [-0.2, -0.15) is 5.10 Å². The third-order valence-electron chi connectivity index (χ3n) is 6.72. The number of benzene rings is 1. The van der Waals surface area contributed by atoms with Gasteiger partial charge in [0.1, 0.15) is 28.5 Å². The molecule has 0 saturated heterocycles. The molecule has 0 unspecified atom stereocenters. The molecule has 15 heteroatoms. The molecule has 5 rings (SSSR count). The molecule has 0 spiro atoms. The van der Waals surface area contributed by atoms with Crippen LogP contribution in [0.5, 0.6) is 11.5 Å². The van der Waals surface area contributed by atoms with Gasteiger partial charge in [0, 0.05) is 12.2 Å². The van der Waals surface area contributed by atoms with Crippen LogP contribution < -0.4 is 14.2 Å². The summed E-state index contributed by atoms with van der Waals surface area (Å²) in [5, 5.41) is 11.9. The SMILES string of the molecule is COc1cccc(OC)c1-n1c(NS(=O)(=O)[C@@H](C)[C@@H](OC(C)C)c2ncc(F)cn2)nnc1-c1cnn2c1CCC2. The minimum Gasteiger partial charge on any atom is -0.494 e. The average molecular weight is 587 g/mol. The maximum atomic E-state index is 13.9. The predicted octanol–water partition coefficient (Wildman–Crippen LogP) is 3.32. The van der Waals surface area contributed by atoms with Crippen LogP contribution in [0, 0.1) is 5.82 Å². The zero-order valence-corrected chi connectivity index (χ0v) is 24.1. The Balaban J connectivity index is 1.62. The van der Waals surface area contributed by atoms with Crippen LogP contribution >= 0.6 is 0 Å². The zero-order chi connectivity index (χ0) is 29.3. The fourth-order valence-corrected chi connectivity index (χ4v) is 5.85. The number of ether oxygens (including phenoxy) is 3. The van der Waals surface area contributed by atoms with Crippen LogP contribution in [0.2, 0.25) is 0 Å². The topological polar surface area (TPSA) is 148 Å². The Morgan fingerprint density at radius 3 is 2.34 bits per heavy atom. The Morgan fingerprint density at radius 1 is 1.02 bits per heavy atom. The second-order valence-electron chi connectivity index (χ2n) is 9.74. The van der Waals surface area contributed by atoms with Crippen LogP contribution in [0.1, 0.15) is 44.8 Å². The van der Waals surface area contributed by atoms with Crippen molar-refractivity contribution in [3.63, 3.8) is 0 Å². The summed E-state index contributed by atoms with van der Waals surface area (Å²) >= 11 is 0. The standard InChI is InChI=1S/C26H31FN8O5S/c1-15(2)40-23(24-28-12-17(27)13-29-24)16(3)41(36,37)33-26-32-31-25(18-14-30-34-11-7-8-19(18)34)35(26)22-20(38-4)9-6-10-21(22)39-5/h6,9-10,12-16,23H,7-8,11H2,1-5H3,(H,32,33)/t16-,23+/m0/s1. The summed E-state index contributed by atoms with van der Waals surface area (Å²) < 4.78 is 64.5. The highest BCUT2D eigenvalue weighted by atomic mass is 32.2. The lowest BCUT2D eigenvalue weighted by molar-refractivity contribution is 0.00144. The number of sulfonamides is 1. The van der Waals surface area contributed by atoms with E-state index >= 15 is 0 Å². The molecule has 0 bridgehead atoms. The van der Waals surface area contributed by atoms with Crippen molar-refractivity contribution in [2.24, 2.45) is 0 Å². The maximum Gasteiger partial charge on any atom is 0.243 e. The van der Waals surface area contributed by atoms with Crippen molar-refractivity contribution >= 4 is 16.0 Å². The lowest BCUT2D eigenvalue weighted by Crippen LogP contribution is -2.35. The van der Waals surface area contributed by atoms with Gasteiger partial charge >= 0.3 is 0 Å². The number of nitrogens with zero attached hydrogens (tertiary/aromatic N) is 7. The fourth-order valence-electron chi connectivity index (χ4n) is 4.77. The number of anilines is 1. The third-order valence-corrected chi connectivity index (χ3v) is 8.42. The van der Waals surface area contributed by atoms with E-state index in [4.69, 9.17) is 14.2 Å². The van der Waals surface area contributed by atoms with Crippen molar-refractivity contribution in [1.29, 1.82) is 0 Å². The van der Waals surface area contributed by atoms with Crippen LogP contribution in [0.4, 0.5) is 10.3 Å². The average Bonchev–Trinajstić information content (AvgIpc) is 3.67. The van der Waals surface area contributed by atoms with Crippen LogP contribution in [0.3, 0.4) is 0 Å². The van der Waals surface area contributed by atoms with Gasteiger partial charge in [-0.1, -0.05) is 6.07 Å². The van der Waals surface area contributed by atoms with Gasteiger partial charge in [-0.15, -0.1) is 10.2 Å². The Hall–Kier alpha value is -4.11. The summed E-state index contributed by atoms with van der Waals surface area (Å²) in [7, 11) is -1.22. The van der Waals surface area contributed by atoms with Gasteiger partial charge in [0.2, 0.25) is 16.0 Å². The molecule has 0 aliphatic carbocycles. The molecule has 0 saturated carbocycles. The van der Waals surface area contributed by atoms with Crippen LogP contribution in [0.15, 0.2) is 36.8 Å². The summed E-state index contributed by atoms with van der Waals surface area (Å²) in [4.78, 5) is 7.95. The molecule has 0 amide bonds. The molecule has 0 fully saturated rings.